The summed E-state index contributed by atoms with van der Waals surface area (Å²) < 4.78 is 11.4. The molecule has 0 aromatic carbocycles. The summed E-state index contributed by atoms with van der Waals surface area (Å²) in [5.41, 5.74) is 2.06. The predicted molar refractivity (Wildman–Crippen MR) is 174 cm³/mol. The number of carbonyl (C=O) groups is 4. The molecule has 3 rings (SSSR count). The number of amides is 1. The van der Waals surface area contributed by atoms with Crippen molar-refractivity contribution in [1.29, 1.82) is 0 Å². The molecule has 2 N–H and O–H groups in total. The maximum Gasteiger partial charge on any atom is 0.303 e. The van der Waals surface area contributed by atoms with Gasteiger partial charge >= 0.3 is 5.97 Å². The molecular formula is C36H52N2O7. The quantitative estimate of drug-likeness (QED) is 0.246. The number of hydrogen-bond acceptors (Lipinski definition) is 8. The fourth-order valence-electron chi connectivity index (χ4n) is 6.52. The number of likely N-dealkylation sites (tertiary alicyclic amines) is 1. The van der Waals surface area contributed by atoms with E-state index >= 15 is 0 Å². The molecule has 6 atom stereocenters. The number of rotatable bonds is 6. The molecule has 3 aliphatic rings. The van der Waals surface area contributed by atoms with Gasteiger partial charge in [0, 0.05) is 48.7 Å². The van der Waals surface area contributed by atoms with Gasteiger partial charge in [-0.05, 0) is 83.5 Å². The molecule has 2 aliphatic heterocycles. The van der Waals surface area contributed by atoms with Crippen LogP contribution >= 0.6 is 0 Å². The van der Waals surface area contributed by atoms with Crippen LogP contribution in [-0.2, 0) is 28.7 Å². The van der Waals surface area contributed by atoms with Gasteiger partial charge in [0.25, 0.3) is 5.91 Å². The largest absolute Gasteiger partial charge is 0.457 e. The van der Waals surface area contributed by atoms with Crippen LogP contribution in [0, 0.1) is 17.8 Å². The van der Waals surface area contributed by atoms with E-state index in [2.05, 4.69) is 10.2 Å². The Labute approximate surface area is 268 Å². The molecule has 1 amide bonds. The zero-order valence-corrected chi connectivity index (χ0v) is 28.1. The van der Waals surface area contributed by atoms with E-state index in [1.807, 2.05) is 39.8 Å². The highest BCUT2D eigenvalue weighted by Crippen LogP contribution is 2.31. The minimum atomic E-state index is -0.865. The summed E-state index contributed by atoms with van der Waals surface area (Å²) in [6.45, 7) is 13.6. The predicted octanol–water partition coefficient (Wildman–Crippen LogP) is 4.77. The van der Waals surface area contributed by atoms with E-state index in [1.54, 1.807) is 26.2 Å². The first-order valence-corrected chi connectivity index (χ1v) is 16.3. The second kappa shape index (κ2) is 17.0. The molecule has 2 heterocycles. The molecule has 1 fully saturated rings. The second-order valence-electron chi connectivity index (χ2n) is 13.0. The maximum absolute atomic E-state index is 13.8. The summed E-state index contributed by atoms with van der Waals surface area (Å²) in [6, 6.07) is 0. The van der Waals surface area contributed by atoms with Crippen molar-refractivity contribution in [2.24, 2.45) is 17.8 Å². The SMILES string of the molecule is CO[C@H]1C[C@H](C)CC2=C(CCCN3CCCC3)C(=O)C=C(NC(=O)/C(C)=C/C=C\[C@H](C)[C@@H](OC(C)=O)/C(C)=C/[C@H](C)[C@H]1O)C2=O. The number of ether oxygens (including phenoxy) is 2. The molecule has 248 valence electrons. The lowest BCUT2D eigenvalue weighted by Crippen LogP contribution is -2.36. The van der Waals surface area contributed by atoms with Crippen molar-refractivity contribution in [1.82, 2.24) is 10.2 Å². The Morgan fingerprint density at radius 2 is 1.78 bits per heavy atom. The molecule has 0 spiro atoms. The third-order valence-corrected chi connectivity index (χ3v) is 9.08. The number of nitrogens with zero attached hydrogens (tertiary/aromatic N) is 1. The van der Waals surface area contributed by atoms with Gasteiger partial charge in [-0.3, -0.25) is 19.2 Å². The van der Waals surface area contributed by atoms with Gasteiger partial charge in [-0.1, -0.05) is 45.1 Å². The topological polar surface area (TPSA) is 122 Å². The van der Waals surface area contributed by atoms with E-state index < -0.39 is 30.2 Å². The minimum absolute atomic E-state index is 0.0230. The fourth-order valence-corrected chi connectivity index (χ4v) is 6.52. The number of esters is 1. The van der Waals surface area contributed by atoms with E-state index in [0.717, 1.165) is 31.6 Å². The standard InChI is InChI=1S/C36H52N2O7/c1-22-18-29-28(14-11-17-38-15-8-9-16-38)31(40)21-30(34(29)42)37-36(43)24(3)13-10-12-23(2)35(45-27(6)39)26(5)20-25(4)33(41)32(19-22)44-7/h10,12-13,20-23,25,32-33,35,41H,8-9,11,14-19H2,1-7H3,(H,37,43)/b12-10-,24-13+,26-20+/t22-,23+,25+,32+,33-,35-/m1/s1. The zero-order chi connectivity index (χ0) is 33.3. The van der Waals surface area contributed by atoms with Gasteiger partial charge in [-0.25, -0.2) is 0 Å². The fraction of sp³-hybridized carbons (Fsp3) is 0.611. The first-order valence-electron chi connectivity index (χ1n) is 16.3. The number of aliphatic hydroxyl groups is 1. The first-order chi connectivity index (χ1) is 21.3. The number of fused-ring (bicyclic) bond motifs is 2. The van der Waals surface area contributed by atoms with Crippen LogP contribution in [0.15, 0.2) is 58.4 Å². The Kier molecular flexibility index (Phi) is 13.7. The molecule has 45 heavy (non-hydrogen) atoms. The Balaban J connectivity index is 1.99. The molecule has 0 unspecified atom stereocenters. The van der Waals surface area contributed by atoms with Crippen molar-refractivity contribution in [3.05, 3.63) is 58.4 Å². The molecule has 1 aliphatic carbocycles. The van der Waals surface area contributed by atoms with Crippen LogP contribution in [0.4, 0.5) is 0 Å². The van der Waals surface area contributed by atoms with Gasteiger partial charge in [0.2, 0.25) is 5.78 Å². The lowest BCUT2D eigenvalue weighted by Gasteiger charge is -2.30. The summed E-state index contributed by atoms with van der Waals surface area (Å²) in [6.07, 6.45) is 10.8. The number of carbonyl (C=O) groups excluding carboxylic acids is 4. The van der Waals surface area contributed by atoms with Crippen LogP contribution in [-0.4, -0.2) is 78.5 Å². The molecule has 9 nitrogen and oxygen atoms in total. The van der Waals surface area contributed by atoms with E-state index in [1.165, 1.54) is 25.8 Å². The second-order valence-corrected chi connectivity index (χ2v) is 13.0. The monoisotopic (exact) mass is 624 g/mol. The Bertz CT molecular complexity index is 1270. The lowest BCUT2D eigenvalue weighted by atomic mass is 9.82. The number of hydrogen-bond donors (Lipinski definition) is 2. The van der Waals surface area contributed by atoms with Crippen LogP contribution in [0.2, 0.25) is 0 Å². The van der Waals surface area contributed by atoms with Gasteiger partial charge in [0.15, 0.2) is 5.78 Å². The smallest absolute Gasteiger partial charge is 0.303 e. The van der Waals surface area contributed by atoms with Gasteiger partial charge < -0.3 is 24.8 Å². The summed E-state index contributed by atoms with van der Waals surface area (Å²) in [5, 5.41) is 14.0. The van der Waals surface area contributed by atoms with Gasteiger partial charge in [-0.2, -0.15) is 0 Å². The molecule has 2 bridgehead atoms. The molecule has 0 aromatic rings. The van der Waals surface area contributed by atoms with Crippen molar-refractivity contribution < 1.29 is 33.8 Å². The average Bonchev–Trinajstić information content (AvgIpc) is 3.50. The minimum Gasteiger partial charge on any atom is -0.457 e. The van der Waals surface area contributed by atoms with E-state index in [-0.39, 0.29) is 35.0 Å². The third kappa shape index (κ3) is 10.2. The van der Waals surface area contributed by atoms with Crippen LogP contribution in [0.25, 0.3) is 0 Å². The maximum atomic E-state index is 13.8. The van der Waals surface area contributed by atoms with Crippen molar-refractivity contribution >= 4 is 23.4 Å². The molecule has 1 saturated heterocycles. The van der Waals surface area contributed by atoms with Crippen molar-refractivity contribution in [3.8, 4) is 0 Å². The molecule has 9 heteroatoms. The van der Waals surface area contributed by atoms with Crippen LogP contribution in [0.1, 0.15) is 80.1 Å². The first kappa shape index (κ1) is 36.3. The van der Waals surface area contributed by atoms with Crippen molar-refractivity contribution in [2.45, 2.75) is 98.4 Å². The highest BCUT2D eigenvalue weighted by Gasteiger charge is 2.33. The number of allylic oxidation sites excluding steroid dienone is 5. The number of aliphatic hydroxyl groups excluding tert-OH is 1. The zero-order valence-electron chi connectivity index (χ0n) is 28.1. The highest BCUT2D eigenvalue weighted by molar-refractivity contribution is 6.23. The summed E-state index contributed by atoms with van der Waals surface area (Å²) in [7, 11) is 1.55. The van der Waals surface area contributed by atoms with E-state index in [0.29, 0.717) is 36.0 Å². The summed E-state index contributed by atoms with van der Waals surface area (Å²) in [4.78, 5) is 54.7. The van der Waals surface area contributed by atoms with Gasteiger partial charge in [0.1, 0.15) is 6.10 Å². The van der Waals surface area contributed by atoms with E-state index in [9.17, 15) is 24.3 Å². The Morgan fingerprint density at radius 3 is 2.42 bits per heavy atom. The number of Topliss-reactive ketones (excluding diaryl/α,β-unsaturated/α-hetero) is 1. The Morgan fingerprint density at radius 1 is 1.09 bits per heavy atom. The van der Waals surface area contributed by atoms with Crippen LogP contribution in [0.3, 0.4) is 0 Å². The van der Waals surface area contributed by atoms with Crippen molar-refractivity contribution in [2.75, 3.05) is 26.7 Å². The number of methoxy groups -OCH3 is 1. The van der Waals surface area contributed by atoms with Gasteiger partial charge in [0.05, 0.1) is 17.9 Å². The number of nitrogens with one attached hydrogen (secondary N) is 1. The summed E-state index contributed by atoms with van der Waals surface area (Å²) >= 11 is 0. The highest BCUT2D eigenvalue weighted by atomic mass is 16.5. The molecular weight excluding hydrogens is 572 g/mol. The number of ketones is 2. The van der Waals surface area contributed by atoms with Gasteiger partial charge in [-0.15, -0.1) is 0 Å². The molecule has 0 saturated carbocycles. The Hall–Kier alpha value is -3.14. The summed E-state index contributed by atoms with van der Waals surface area (Å²) in [5.74, 6) is -2.16. The van der Waals surface area contributed by atoms with Crippen LogP contribution in [0.5, 0.6) is 0 Å². The average molecular weight is 625 g/mol. The lowest BCUT2D eigenvalue weighted by molar-refractivity contribution is -0.146. The van der Waals surface area contributed by atoms with E-state index in [4.69, 9.17) is 9.47 Å². The van der Waals surface area contributed by atoms with Crippen LogP contribution < -0.4 is 5.32 Å². The molecule has 0 radical (unpaired) electrons. The molecule has 0 aromatic heterocycles. The third-order valence-electron chi connectivity index (χ3n) is 9.08. The normalized spacial score (nSPS) is 32.7. The van der Waals surface area contributed by atoms with Crippen molar-refractivity contribution in [3.63, 3.8) is 0 Å².